The Labute approximate surface area is 132 Å². The number of rotatable bonds is 3. The van der Waals surface area contributed by atoms with Gasteiger partial charge in [0.25, 0.3) is 5.91 Å². The lowest BCUT2D eigenvalue weighted by molar-refractivity contribution is 0.101. The quantitative estimate of drug-likeness (QED) is 0.838. The fourth-order valence-corrected chi connectivity index (χ4v) is 2.79. The van der Waals surface area contributed by atoms with Crippen LogP contribution >= 0.6 is 11.6 Å². The zero-order chi connectivity index (χ0) is 16.4. The zero-order valence-corrected chi connectivity index (χ0v) is 12.7. The van der Waals surface area contributed by atoms with E-state index in [0.717, 1.165) is 6.07 Å². The number of halogens is 2. The SMILES string of the molecule is Cn1cc(S(=O)O)c(Cl)c1C(=O)Nc1ccc(F)c(C#N)c1. The number of carbonyl (C=O) groups is 1. The molecule has 0 saturated heterocycles. The molecule has 1 aromatic heterocycles. The molecule has 6 nitrogen and oxygen atoms in total. The Hall–Kier alpha value is -2.21. The third-order valence-electron chi connectivity index (χ3n) is 2.84. The van der Waals surface area contributed by atoms with Gasteiger partial charge in [-0.3, -0.25) is 4.79 Å². The minimum atomic E-state index is -2.33. The number of anilines is 1. The van der Waals surface area contributed by atoms with Crippen LogP contribution in [0.25, 0.3) is 0 Å². The average Bonchev–Trinajstić information content (AvgIpc) is 2.76. The normalized spacial score (nSPS) is 11.8. The van der Waals surface area contributed by atoms with Gasteiger partial charge in [-0.1, -0.05) is 11.6 Å². The van der Waals surface area contributed by atoms with Crippen molar-refractivity contribution < 1.29 is 17.9 Å². The Balaban J connectivity index is 2.35. The molecule has 1 amide bonds. The molecule has 1 aromatic carbocycles. The summed E-state index contributed by atoms with van der Waals surface area (Å²) in [6.07, 6.45) is 1.26. The second-order valence-electron chi connectivity index (χ2n) is 4.28. The number of aryl methyl sites for hydroxylation is 1. The number of nitrogens with zero attached hydrogens (tertiary/aromatic N) is 2. The number of nitriles is 1. The number of nitrogens with one attached hydrogen (secondary N) is 1. The minimum absolute atomic E-state index is 0.0260. The summed E-state index contributed by atoms with van der Waals surface area (Å²) in [6.45, 7) is 0. The van der Waals surface area contributed by atoms with Crippen molar-refractivity contribution >= 4 is 34.3 Å². The Morgan fingerprint density at radius 2 is 2.23 bits per heavy atom. The van der Waals surface area contributed by atoms with Gasteiger partial charge < -0.3 is 14.4 Å². The van der Waals surface area contributed by atoms with Crippen molar-refractivity contribution in [3.8, 4) is 6.07 Å². The molecule has 0 bridgehead atoms. The number of benzene rings is 1. The highest BCUT2D eigenvalue weighted by Gasteiger charge is 2.22. The predicted molar refractivity (Wildman–Crippen MR) is 78.5 cm³/mol. The van der Waals surface area contributed by atoms with Crippen molar-refractivity contribution in [1.82, 2.24) is 4.57 Å². The molecule has 0 fully saturated rings. The van der Waals surface area contributed by atoms with Crippen LogP contribution in [0.2, 0.25) is 5.02 Å². The summed E-state index contributed by atoms with van der Waals surface area (Å²) < 4.78 is 34.7. The Bertz CT molecular complexity index is 829. The number of hydrogen-bond donors (Lipinski definition) is 2. The second-order valence-corrected chi connectivity index (χ2v) is 5.59. The molecule has 2 N–H and O–H groups in total. The van der Waals surface area contributed by atoms with Gasteiger partial charge in [-0.15, -0.1) is 0 Å². The van der Waals surface area contributed by atoms with Crippen LogP contribution in [0, 0.1) is 17.1 Å². The summed E-state index contributed by atoms with van der Waals surface area (Å²) in [5.74, 6) is -1.35. The molecule has 22 heavy (non-hydrogen) atoms. The van der Waals surface area contributed by atoms with Gasteiger partial charge in [-0.2, -0.15) is 5.26 Å². The highest BCUT2D eigenvalue weighted by molar-refractivity contribution is 7.79. The van der Waals surface area contributed by atoms with Crippen LogP contribution in [-0.2, 0) is 18.1 Å². The highest BCUT2D eigenvalue weighted by Crippen LogP contribution is 2.26. The standard InChI is InChI=1S/C13H9ClFN3O3S/c1-18-6-10(22(20)21)11(14)12(18)13(19)17-8-2-3-9(15)7(4-8)5-16/h2-4,6H,1H3,(H,17,19)(H,20,21). The molecular formula is C13H9ClFN3O3S. The van der Waals surface area contributed by atoms with E-state index in [0.29, 0.717) is 0 Å². The third-order valence-corrected chi connectivity index (χ3v) is 4.02. The molecule has 1 unspecified atom stereocenters. The van der Waals surface area contributed by atoms with Crippen LogP contribution in [0.4, 0.5) is 10.1 Å². The lowest BCUT2D eigenvalue weighted by Crippen LogP contribution is -2.16. The van der Waals surface area contributed by atoms with E-state index in [2.05, 4.69) is 5.32 Å². The number of aromatic nitrogens is 1. The van der Waals surface area contributed by atoms with Crippen molar-refractivity contribution in [3.05, 3.63) is 46.5 Å². The van der Waals surface area contributed by atoms with Crippen molar-refractivity contribution in [2.24, 2.45) is 7.05 Å². The zero-order valence-electron chi connectivity index (χ0n) is 11.1. The third kappa shape index (κ3) is 3.01. The topological polar surface area (TPSA) is 95.1 Å². The molecule has 9 heteroatoms. The van der Waals surface area contributed by atoms with E-state index in [4.69, 9.17) is 21.4 Å². The van der Waals surface area contributed by atoms with Crippen molar-refractivity contribution in [2.45, 2.75) is 4.90 Å². The summed E-state index contributed by atoms with van der Waals surface area (Å²) >= 11 is 3.60. The van der Waals surface area contributed by atoms with Gasteiger partial charge in [-0.05, 0) is 18.2 Å². The molecule has 1 heterocycles. The van der Waals surface area contributed by atoms with Crippen molar-refractivity contribution in [3.63, 3.8) is 0 Å². The first-order valence-corrected chi connectivity index (χ1v) is 7.30. The van der Waals surface area contributed by atoms with Crippen LogP contribution < -0.4 is 5.32 Å². The van der Waals surface area contributed by atoms with Crippen molar-refractivity contribution in [1.29, 1.82) is 5.26 Å². The Kier molecular flexibility index (Phi) is 4.61. The van der Waals surface area contributed by atoms with Gasteiger partial charge >= 0.3 is 0 Å². The summed E-state index contributed by atoms with van der Waals surface area (Å²) in [4.78, 5) is 12.1. The first-order chi connectivity index (χ1) is 10.3. The molecule has 0 aliphatic carbocycles. The summed E-state index contributed by atoms with van der Waals surface area (Å²) in [7, 11) is 1.49. The summed E-state index contributed by atoms with van der Waals surface area (Å²) in [5, 5.41) is 11.1. The van der Waals surface area contributed by atoms with Gasteiger partial charge in [0, 0.05) is 18.9 Å². The summed E-state index contributed by atoms with van der Waals surface area (Å²) in [5.41, 5.74) is -0.0401. The largest absolute Gasteiger partial charge is 0.344 e. The molecular weight excluding hydrogens is 333 g/mol. The minimum Gasteiger partial charge on any atom is -0.344 e. The number of carbonyl (C=O) groups excluding carboxylic acids is 1. The van der Waals surface area contributed by atoms with Gasteiger partial charge in [0.05, 0.1) is 10.6 Å². The maximum absolute atomic E-state index is 13.2. The van der Waals surface area contributed by atoms with Crippen LogP contribution in [0.15, 0.2) is 29.3 Å². The lowest BCUT2D eigenvalue weighted by atomic mass is 10.2. The van der Waals surface area contributed by atoms with E-state index < -0.39 is 22.8 Å². The van der Waals surface area contributed by atoms with E-state index in [1.807, 2.05) is 0 Å². The van der Waals surface area contributed by atoms with Crippen LogP contribution in [-0.4, -0.2) is 19.2 Å². The van der Waals surface area contributed by atoms with E-state index in [1.165, 1.54) is 29.9 Å². The monoisotopic (exact) mass is 341 g/mol. The fraction of sp³-hybridized carbons (Fsp3) is 0.0769. The van der Waals surface area contributed by atoms with E-state index >= 15 is 0 Å². The van der Waals surface area contributed by atoms with E-state index in [-0.39, 0.29) is 26.9 Å². The first-order valence-electron chi connectivity index (χ1n) is 5.81. The smallest absolute Gasteiger partial charge is 0.273 e. The van der Waals surface area contributed by atoms with Crippen molar-refractivity contribution in [2.75, 3.05) is 5.32 Å². The summed E-state index contributed by atoms with van der Waals surface area (Å²) in [6, 6.07) is 5.17. The highest BCUT2D eigenvalue weighted by atomic mass is 35.5. The van der Waals surface area contributed by atoms with Crippen LogP contribution in [0.5, 0.6) is 0 Å². The Morgan fingerprint density at radius 1 is 1.55 bits per heavy atom. The average molecular weight is 342 g/mol. The molecule has 2 aromatic rings. The second kappa shape index (κ2) is 6.27. The van der Waals surface area contributed by atoms with E-state index in [9.17, 15) is 13.4 Å². The fourth-order valence-electron chi connectivity index (χ4n) is 1.83. The van der Waals surface area contributed by atoms with Crippen LogP contribution in [0.1, 0.15) is 16.1 Å². The Morgan fingerprint density at radius 3 is 2.77 bits per heavy atom. The molecule has 0 radical (unpaired) electrons. The molecule has 1 atom stereocenters. The maximum atomic E-state index is 13.2. The molecule has 114 valence electrons. The van der Waals surface area contributed by atoms with E-state index in [1.54, 1.807) is 6.07 Å². The maximum Gasteiger partial charge on any atom is 0.273 e. The van der Waals surface area contributed by atoms with Gasteiger partial charge in [-0.25, -0.2) is 8.60 Å². The predicted octanol–water partition coefficient (Wildman–Crippen LogP) is 2.52. The van der Waals surface area contributed by atoms with Gasteiger partial charge in [0.2, 0.25) is 0 Å². The lowest BCUT2D eigenvalue weighted by Gasteiger charge is -2.07. The number of amides is 1. The molecule has 0 saturated carbocycles. The number of hydrogen-bond acceptors (Lipinski definition) is 3. The molecule has 0 aliphatic heterocycles. The van der Waals surface area contributed by atoms with Gasteiger partial charge in [0.15, 0.2) is 11.1 Å². The van der Waals surface area contributed by atoms with Gasteiger partial charge in [0.1, 0.15) is 22.5 Å². The molecule has 2 rings (SSSR count). The first kappa shape index (κ1) is 16.2. The van der Waals surface area contributed by atoms with Crippen LogP contribution in [0.3, 0.4) is 0 Å². The molecule has 0 aliphatic rings. The molecule has 0 spiro atoms.